The third-order valence-electron chi connectivity index (χ3n) is 6.55. The molecule has 1 fully saturated rings. The summed E-state index contributed by atoms with van der Waals surface area (Å²) in [5, 5.41) is 11.4. The second-order valence-electron chi connectivity index (χ2n) is 9.53. The van der Waals surface area contributed by atoms with E-state index in [9.17, 15) is 27.9 Å². The summed E-state index contributed by atoms with van der Waals surface area (Å²) in [4.78, 5) is 29.7. The number of halogens is 3. The predicted molar refractivity (Wildman–Crippen MR) is 144 cm³/mol. The minimum atomic E-state index is -4.56. The molecule has 204 valence electrons. The number of rotatable bonds is 7. The normalized spacial score (nSPS) is 17.0. The molecule has 0 aliphatic carbocycles. The molecule has 0 spiro atoms. The van der Waals surface area contributed by atoms with Gasteiger partial charge in [0, 0.05) is 31.0 Å². The van der Waals surface area contributed by atoms with E-state index in [0.717, 1.165) is 46.8 Å². The van der Waals surface area contributed by atoms with Gasteiger partial charge in [-0.25, -0.2) is 0 Å². The lowest BCUT2D eigenvalue weighted by atomic mass is 9.94. The van der Waals surface area contributed by atoms with E-state index in [-0.39, 0.29) is 17.0 Å². The molecule has 6 nitrogen and oxygen atoms in total. The van der Waals surface area contributed by atoms with E-state index in [1.165, 1.54) is 0 Å². The molecule has 3 aromatic carbocycles. The van der Waals surface area contributed by atoms with Crippen LogP contribution in [-0.2, 0) is 15.8 Å². The van der Waals surface area contributed by atoms with Gasteiger partial charge in [-0.05, 0) is 79.1 Å². The van der Waals surface area contributed by atoms with E-state index < -0.39 is 29.5 Å². The van der Waals surface area contributed by atoms with Crippen LogP contribution in [0.5, 0.6) is 5.75 Å². The number of aliphatic hydroxyl groups excluding tert-OH is 1. The molecule has 1 saturated heterocycles. The Labute approximate surface area is 224 Å². The Balaban J connectivity index is 1.86. The molecule has 0 radical (unpaired) electrons. The zero-order valence-electron chi connectivity index (χ0n) is 22.0. The first kappa shape index (κ1) is 27.8. The van der Waals surface area contributed by atoms with Crippen LogP contribution in [-0.4, -0.2) is 37.5 Å². The number of anilines is 2. The maximum atomic E-state index is 13.4. The monoisotopic (exact) mass is 538 g/mol. The van der Waals surface area contributed by atoms with Gasteiger partial charge in [-0.1, -0.05) is 19.1 Å². The van der Waals surface area contributed by atoms with Crippen molar-refractivity contribution in [3.63, 3.8) is 0 Å². The topological polar surface area (TPSA) is 70.1 Å². The lowest BCUT2D eigenvalue weighted by Gasteiger charge is -2.26. The molecule has 3 aromatic rings. The molecule has 1 atom stereocenters. The number of carbonyl (C=O) groups is 2. The number of benzene rings is 3. The van der Waals surface area contributed by atoms with E-state index in [1.54, 1.807) is 49.4 Å². The molecule has 1 aliphatic heterocycles. The summed E-state index contributed by atoms with van der Waals surface area (Å²) in [5.74, 6) is -1.63. The number of aliphatic hydroxyl groups is 1. The molecule has 9 heteroatoms. The lowest BCUT2D eigenvalue weighted by Crippen LogP contribution is -2.29. The highest BCUT2D eigenvalue weighted by Gasteiger charge is 2.47. The largest absolute Gasteiger partial charge is 0.507 e. The van der Waals surface area contributed by atoms with Crippen molar-refractivity contribution in [1.29, 1.82) is 0 Å². The third kappa shape index (κ3) is 5.48. The zero-order chi connectivity index (χ0) is 28.5. The van der Waals surface area contributed by atoms with Crippen molar-refractivity contribution >= 4 is 28.8 Å². The quantitative estimate of drug-likeness (QED) is 0.211. The minimum Gasteiger partial charge on any atom is -0.507 e. The molecule has 4 rings (SSSR count). The summed E-state index contributed by atoms with van der Waals surface area (Å²) in [7, 11) is 3.72. The number of Topliss-reactive ketones (excluding diaryl/α,β-unsaturated/α-hetero) is 1. The van der Waals surface area contributed by atoms with E-state index in [2.05, 4.69) is 0 Å². The molecule has 1 heterocycles. The van der Waals surface area contributed by atoms with Crippen LogP contribution in [0.4, 0.5) is 24.5 Å². The fraction of sp³-hybridized carbons (Fsp3) is 0.267. The number of alkyl halides is 3. The van der Waals surface area contributed by atoms with Crippen molar-refractivity contribution in [2.24, 2.45) is 0 Å². The van der Waals surface area contributed by atoms with Gasteiger partial charge in [-0.3, -0.25) is 14.5 Å². The summed E-state index contributed by atoms with van der Waals surface area (Å²) in [6.07, 6.45) is -3.74. The standard InChI is InChI=1S/C30H29F3N2O4/c1-5-16-39-24-15-8-20(17-18(24)2)27(36)25-26(19-6-11-22(12-7-19)34(3)4)35(29(38)28(25)37)23-13-9-21(10-14-23)30(31,32)33/h6-15,17,26,36H,5,16H2,1-4H3/b27-25-. The summed E-state index contributed by atoms with van der Waals surface area (Å²) in [6.45, 7) is 4.31. The van der Waals surface area contributed by atoms with Gasteiger partial charge in [-0.2, -0.15) is 13.2 Å². The number of carbonyl (C=O) groups excluding carboxylic acids is 2. The highest BCUT2D eigenvalue weighted by molar-refractivity contribution is 6.51. The van der Waals surface area contributed by atoms with Gasteiger partial charge in [0.05, 0.1) is 23.8 Å². The van der Waals surface area contributed by atoms with Crippen LogP contribution in [0.1, 0.15) is 41.6 Å². The van der Waals surface area contributed by atoms with E-state index >= 15 is 0 Å². The Bertz CT molecular complexity index is 1410. The molecule has 39 heavy (non-hydrogen) atoms. The average Bonchev–Trinajstić information content (AvgIpc) is 3.17. The second-order valence-corrected chi connectivity index (χ2v) is 9.53. The van der Waals surface area contributed by atoms with Crippen LogP contribution < -0.4 is 14.5 Å². The Kier molecular flexibility index (Phi) is 7.72. The van der Waals surface area contributed by atoms with Crippen LogP contribution in [0.3, 0.4) is 0 Å². The van der Waals surface area contributed by atoms with E-state index in [1.807, 2.05) is 25.9 Å². The number of hydrogen-bond donors (Lipinski definition) is 1. The van der Waals surface area contributed by atoms with E-state index in [0.29, 0.717) is 23.5 Å². The predicted octanol–water partition coefficient (Wildman–Crippen LogP) is 6.49. The second kappa shape index (κ2) is 10.8. The average molecular weight is 539 g/mol. The zero-order valence-corrected chi connectivity index (χ0v) is 22.0. The van der Waals surface area contributed by atoms with Crippen LogP contribution in [0, 0.1) is 6.92 Å². The van der Waals surface area contributed by atoms with Gasteiger partial charge in [0.1, 0.15) is 11.5 Å². The Morgan fingerprint density at radius 1 is 1.00 bits per heavy atom. The molecule has 1 aliphatic rings. The van der Waals surface area contributed by atoms with Crippen LogP contribution in [0.15, 0.2) is 72.3 Å². The molecule has 1 unspecified atom stereocenters. The molecule has 1 amide bonds. The van der Waals surface area contributed by atoms with Crippen molar-refractivity contribution in [2.45, 2.75) is 32.5 Å². The fourth-order valence-corrected chi connectivity index (χ4v) is 4.51. The fourth-order valence-electron chi connectivity index (χ4n) is 4.51. The highest BCUT2D eigenvalue weighted by Crippen LogP contribution is 2.43. The maximum Gasteiger partial charge on any atom is 0.416 e. The van der Waals surface area contributed by atoms with Gasteiger partial charge < -0.3 is 14.7 Å². The molecule has 1 N–H and O–H groups in total. The van der Waals surface area contributed by atoms with Gasteiger partial charge in [0.15, 0.2) is 0 Å². The number of hydrogen-bond acceptors (Lipinski definition) is 5. The van der Waals surface area contributed by atoms with Crippen LogP contribution >= 0.6 is 0 Å². The van der Waals surface area contributed by atoms with Crippen molar-refractivity contribution in [2.75, 3.05) is 30.5 Å². The van der Waals surface area contributed by atoms with Crippen molar-refractivity contribution in [3.05, 3.63) is 94.6 Å². The number of nitrogens with zero attached hydrogens (tertiary/aromatic N) is 2. The first-order valence-electron chi connectivity index (χ1n) is 12.4. The lowest BCUT2D eigenvalue weighted by molar-refractivity contribution is -0.137. The summed E-state index contributed by atoms with van der Waals surface area (Å²) in [6, 6.07) is 15.0. The number of aryl methyl sites for hydroxylation is 1. The van der Waals surface area contributed by atoms with Gasteiger partial charge in [0.25, 0.3) is 11.7 Å². The van der Waals surface area contributed by atoms with E-state index in [4.69, 9.17) is 4.74 Å². The Morgan fingerprint density at radius 2 is 1.64 bits per heavy atom. The van der Waals surface area contributed by atoms with Gasteiger partial charge in [0.2, 0.25) is 0 Å². The first-order valence-corrected chi connectivity index (χ1v) is 12.4. The molecular weight excluding hydrogens is 509 g/mol. The Hall–Kier alpha value is -4.27. The van der Waals surface area contributed by atoms with Crippen molar-refractivity contribution in [1.82, 2.24) is 0 Å². The first-order chi connectivity index (χ1) is 18.4. The number of amides is 1. The van der Waals surface area contributed by atoms with Gasteiger partial charge >= 0.3 is 6.18 Å². The third-order valence-corrected chi connectivity index (χ3v) is 6.55. The molecule has 0 saturated carbocycles. The Morgan fingerprint density at radius 3 is 2.18 bits per heavy atom. The summed E-state index contributed by atoms with van der Waals surface area (Å²) >= 11 is 0. The smallest absolute Gasteiger partial charge is 0.416 e. The minimum absolute atomic E-state index is 0.102. The molecule has 0 bridgehead atoms. The maximum absolute atomic E-state index is 13.4. The summed E-state index contributed by atoms with van der Waals surface area (Å²) in [5.41, 5.74) is 1.50. The van der Waals surface area contributed by atoms with Crippen molar-refractivity contribution in [3.8, 4) is 5.75 Å². The summed E-state index contributed by atoms with van der Waals surface area (Å²) < 4.78 is 45.2. The number of ketones is 1. The molecule has 0 aromatic heterocycles. The number of ether oxygens (including phenoxy) is 1. The van der Waals surface area contributed by atoms with Gasteiger partial charge in [-0.15, -0.1) is 0 Å². The molecular formula is C30H29F3N2O4. The SMILES string of the molecule is CCCOc1ccc(/C(O)=C2/C(=O)C(=O)N(c3ccc(C(F)(F)F)cc3)C2c2ccc(N(C)C)cc2)cc1C. The van der Waals surface area contributed by atoms with Crippen LogP contribution in [0.2, 0.25) is 0 Å². The highest BCUT2D eigenvalue weighted by atomic mass is 19.4. The van der Waals surface area contributed by atoms with Crippen LogP contribution in [0.25, 0.3) is 5.76 Å². The van der Waals surface area contributed by atoms with Crippen molar-refractivity contribution < 1.29 is 32.6 Å².